The van der Waals surface area contributed by atoms with Gasteiger partial charge in [-0.05, 0) is 48.9 Å². The largest absolute Gasteiger partial charge is 0.376 e. The Balaban J connectivity index is 1.75. The van der Waals surface area contributed by atoms with E-state index in [-0.39, 0.29) is 11.9 Å². The summed E-state index contributed by atoms with van der Waals surface area (Å²) in [7, 11) is 0. The molecule has 0 spiro atoms. The van der Waals surface area contributed by atoms with Gasteiger partial charge in [0.05, 0.1) is 29.4 Å². The van der Waals surface area contributed by atoms with E-state index in [4.69, 9.17) is 9.73 Å². The zero-order valence-corrected chi connectivity index (χ0v) is 16.6. The molecule has 0 bridgehead atoms. The van der Waals surface area contributed by atoms with E-state index in [9.17, 15) is 4.39 Å². The van der Waals surface area contributed by atoms with E-state index >= 15 is 0 Å². The molecular formula is C20H20FN3OS2. The maximum absolute atomic E-state index is 14.4. The summed E-state index contributed by atoms with van der Waals surface area (Å²) in [6.07, 6.45) is 4.11. The molecule has 1 saturated heterocycles. The van der Waals surface area contributed by atoms with Crippen molar-refractivity contribution in [1.29, 1.82) is 0 Å². The van der Waals surface area contributed by atoms with Gasteiger partial charge in [0.2, 0.25) is 4.80 Å². The van der Waals surface area contributed by atoms with Crippen LogP contribution in [0.3, 0.4) is 0 Å². The molecule has 0 amide bonds. The summed E-state index contributed by atoms with van der Waals surface area (Å²) in [5, 5.41) is 8.59. The van der Waals surface area contributed by atoms with Gasteiger partial charge in [0, 0.05) is 17.6 Å². The minimum absolute atomic E-state index is 0.168. The van der Waals surface area contributed by atoms with Crippen LogP contribution in [0.4, 0.5) is 4.39 Å². The summed E-state index contributed by atoms with van der Waals surface area (Å²) in [5.41, 5.74) is 2.40. The summed E-state index contributed by atoms with van der Waals surface area (Å²) < 4.78 is 21.8. The average Bonchev–Trinajstić information content (AvgIpc) is 3.40. The van der Waals surface area contributed by atoms with Crippen LogP contribution in [0, 0.1) is 12.7 Å². The van der Waals surface area contributed by atoms with Crippen molar-refractivity contribution in [1.82, 2.24) is 4.68 Å². The van der Waals surface area contributed by atoms with Gasteiger partial charge in [-0.15, -0.1) is 22.7 Å². The lowest BCUT2D eigenvalue weighted by Gasteiger charge is -2.06. The third-order valence-corrected chi connectivity index (χ3v) is 6.29. The monoisotopic (exact) mass is 401 g/mol. The summed E-state index contributed by atoms with van der Waals surface area (Å²) >= 11 is 3.10. The molecule has 27 heavy (non-hydrogen) atoms. The van der Waals surface area contributed by atoms with Gasteiger partial charge in [-0.3, -0.25) is 4.99 Å². The maximum atomic E-state index is 14.4. The van der Waals surface area contributed by atoms with E-state index in [1.54, 1.807) is 28.1 Å². The van der Waals surface area contributed by atoms with Gasteiger partial charge in [0.25, 0.3) is 0 Å². The van der Waals surface area contributed by atoms with Gasteiger partial charge in [-0.25, -0.2) is 9.07 Å². The third-order valence-electron chi connectivity index (χ3n) is 4.48. The molecule has 3 heterocycles. The van der Waals surface area contributed by atoms with Crippen LogP contribution in [0.1, 0.15) is 23.3 Å². The summed E-state index contributed by atoms with van der Waals surface area (Å²) in [6, 6.07) is 8.81. The van der Waals surface area contributed by atoms with E-state index in [1.807, 2.05) is 23.0 Å². The highest BCUT2D eigenvalue weighted by atomic mass is 32.1. The van der Waals surface area contributed by atoms with Gasteiger partial charge in [0.15, 0.2) is 0 Å². The van der Waals surface area contributed by atoms with Crippen LogP contribution in [-0.2, 0) is 4.74 Å². The van der Waals surface area contributed by atoms with Crippen molar-refractivity contribution in [3.05, 3.63) is 62.2 Å². The highest BCUT2D eigenvalue weighted by Crippen LogP contribution is 2.23. The predicted octanol–water partition coefficient (Wildman–Crippen LogP) is 4.69. The minimum atomic E-state index is -0.266. The zero-order valence-electron chi connectivity index (χ0n) is 15.0. The Morgan fingerprint density at radius 1 is 1.30 bits per heavy atom. The van der Waals surface area contributed by atoms with E-state index in [0.29, 0.717) is 17.8 Å². The Bertz CT molecular complexity index is 1010. The van der Waals surface area contributed by atoms with Crippen LogP contribution in [0.15, 0.2) is 51.2 Å². The first-order chi connectivity index (χ1) is 13.2. The molecule has 2 aromatic heterocycles. The third kappa shape index (κ3) is 4.10. The molecule has 0 aliphatic carbocycles. The average molecular weight is 402 g/mol. The van der Waals surface area contributed by atoms with Crippen LogP contribution in [0.25, 0.3) is 11.3 Å². The fourth-order valence-corrected chi connectivity index (χ4v) is 4.59. The van der Waals surface area contributed by atoms with Gasteiger partial charge in [0.1, 0.15) is 5.82 Å². The number of benzene rings is 1. The Labute approximate surface area is 165 Å². The van der Waals surface area contributed by atoms with Crippen molar-refractivity contribution >= 4 is 28.9 Å². The second kappa shape index (κ2) is 8.29. The van der Waals surface area contributed by atoms with Gasteiger partial charge >= 0.3 is 0 Å². The van der Waals surface area contributed by atoms with Crippen LogP contribution >= 0.6 is 22.7 Å². The van der Waals surface area contributed by atoms with Crippen molar-refractivity contribution in [3.8, 4) is 11.3 Å². The molecule has 4 nitrogen and oxygen atoms in total. The van der Waals surface area contributed by atoms with Crippen molar-refractivity contribution in [3.63, 3.8) is 0 Å². The maximum Gasteiger partial charge on any atom is 0.206 e. The molecule has 1 aromatic carbocycles. The van der Waals surface area contributed by atoms with Gasteiger partial charge in [-0.1, -0.05) is 12.1 Å². The Kier molecular flexibility index (Phi) is 5.61. The van der Waals surface area contributed by atoms with Crippen molar-refractivity contribution in [2.75, 3.05) is 13.2 Å². The number of aryl methyl sites for hydroxylation is 1. The molecule has 0 N–H and O–H groups in total. The number of hydrogen-bond acceptors (Lipinski definition) is 5. The fraction of sp³-hybridized carbons (Fsp3) is 0.300. The quantitative estimate of drug-likeness (QED) is 0.572. The van der Waals surface area contributed by atoms with Crippen molar-refractivity contribution in [2.24, 2.45) is 10.1 Å². The molecule has 1 aliphatic heterocycles. The molecule has 4 rings (SSSR count). The first-order valence-corrected chi connectivity index (χ1v) is 10.6. The van der Waals surface area contributed by atoms with Crippen molar-refractivity contribution in [2.45, 2.75) is 25.9 Å². The molecule has 0 saturated carbocycles. The molecule has 1 aliphatic rings. The van der Waals surface area contributed by atoms with Crippen molar-refractivity contribution < 1.29 is 9.13 Å². The van der Waals surface area contributed by atoms with Crippen LogP contribution in [0.5, 0.6) is 0 Å². The molecule has 0 radical (unpaired) electrons. The lowest BCUT2D eigenvalue weighted by atomic mass is 10.1. The normalized spacial score (nSPS) is 18.0. The van der Waals surface area contributed by atoms with E-state index in [2.05, 4.69) is 18.1 Å². The first-order valence-electron chi connectivity index (χ1n) is 8.88. The summed E-state index contributed by atoms with van der Waals surface area (Å²) in [6.45, 7) is 3.46. The zero-order chi connectivity index (χ0) is 18.6. The van der Waals surface area contributed by atoms with Crippen LogP contribution in [0.2, 0.25) is 0 Å². The Morgan fingerprint density at radius 2 is 2.19 bits per heavy atom. The number of thiophene rings is 1. The Hall–Kier alpha value is -2.09. The lowest BCUT2D eigenvalue weighted by Crippen LogP contribution is -2.17. The Morgan fingerprint density at radius 3 is 2.93 bits per heavy atom. The molecule has 1 fully saturated rings. The smallest absolute Gasteiger partial charge is 0.206 e. The number of halogens is 1. The van der Waals surface area contributed by atoms with Gasteiger partial charge < -0.3 is 4.74 Å². The highest BCUT2D eigenvalue weighted by molar-refractivity contribution is 7.11. The summed E-state index contributed by atoms with van der Waals surface area (Å²) in [5.74, 6) is -0.266. The fourth-order valence-electron chi connectivity index (χ4n) is 2.97. The molecule has 7 heteroatoms. The second-order valence-corrected chi connectivity index (χ2v) is 8.17. The molecule has 1 atom stereocenters. The van der Waals surface area contributed by atoms with Crippen LogP contribution < -0.4 is 4.80 Å². The molecular weight excluding hydrogens is 381 g/mol. The number of hydrogen-bond donors (Lipinski definition) is 0. The lowest BCUT2D eigenvalue weighted by molar-refractivity contribution is 0.117. The van der Waals surface area contributed by atoms with E-state index in [1.165, 1.54) is 23.0 Å². The topological polar surface area (TPSA) is 38.9 Å². The SMILES string of the molecule is Cc1ccsc1/C=N\n1c(-c2ccccc2F)csc1=NC[C@H]1CCCO1. The summed E-state index contributed by atoms with van der Waals surface area (Å²) in [4.78, 5) is 6.54. The van der Waals surface area contributed by atoms with E-state index in [0.717, 1.165) is 29.1 Å². The van der Waals surface area contributed by atoms with Crippen LogP contribution in [-0.4, -0.2) is 30.1 Å². The second-order valence-electron chi connectivity index (χ2n) is 6.38. The number of rotatable bonds is 5. The van der Waals surface area contributed by atoms with Gasteiger partial charge in [-0.2, -0.15) is 5.10 Å². The number of nitrogens with zero attached hydrogens (tertiary/aromatic N) is 3. The minimum Gasteiger partial charge on any atom is -0.376 e. The number of ether oxygens (including phenoxy) is 1. The molecule has 0 unspecified atom stereocenters. The first kappa shape index (κ1) is 18.3. The molecule has 140 valence electrons. The number of thiazole rings is 1. The predicted molar refractivity (Wildman–Crippen MR) is 109 cm³/mol. The van der Waals surface area contributed by atoms with E-state index < -0.39 is 0 Å². The highest BCUT2D eigenvalue weighted by Gasteiger charge is 2.16. The molecule has 3 aromatic rings. The number of aromatic nitrogens is 1. The standard InChI is InChI=1S/C20H20FN3OS2/c1-14-8-10-26-19(14)12-23-24-18(16-6-2-3-7-17(16)21)13-27-20(24)22-11-15-5-4-9-25-15/h2-3,6-8,10,12-13,15H,4-5,9,11H2,1H3/b22-20?,23-12-/t15-/m1/s1.